The molecule has 0 atom stereocenters. The smallest absolute Gasteiger partial charge is 0.260 e. The van der Waals surface area contributed by atoms with Crippen molar-refractivity contribution < 1.29 is 9.53 Å². The second-order valence-corrected chi connectivity index (χ2v) is 6.06. The molecule has 1 N–H and O–H groups in total. The molecule has 6 nitrogen and oxygen atoms in total. The van der Waals surface area contributed by atoms with E-state index in [1.54, 1.807) is 24.2 Å². The summed E-state index contributed by atoms with van der Waals surface area (Å²) in [4.78, 5) is 16.5. The Bertz CT molecular complexity index is 1150. The van der Waals surface area contributed by atoms with E-state index in [2.05, 4.69) is 15.5 Å². The summed E-state index contributed by atoms with van der Waals surface area (Å²) in [5.41, 5.74) is 5.17. The molecule has 0 aliphatic rings. The van der Waals surface area contributed by atoms with Crippen molar-refractivity contribution in [3.63, 3.8) is 0 Å². The topological polar surface area (TPSA) is 68.5 Å². The summed E-state index contributed by atoms with van der Waals surface area (Å²) >= 11 is 0. The Morgan fingerprint density at radius 3 is 2.85 bits per heavy atom. The van der Waals surface area contributed by atoms with E-state index in [1.807, 2.05) is 60.7 Å². The number of methoxy groups -OCH3 is 1. The second-order valence-electron chi connectivity index (χ2n) is 6.06. The van der Waals surface area contributed by atoms with Crippen LogP contribution in [-0.2, 0) is 11.3 Å². The summed E-state index contributed by atoms with van der Waals surface area (Å²) in [5.74, 6) is 0.473. The fourth-order valence-electron chi connectivity index (χ4n) is 3.08. The number of carbonyl (C=O) groups is 1. The van der Waals surface area contributed by atoms with Crippen molar-refractivity contribution in [2.45, 2.75) is 6.54 Å². The van der Waals surface area contributed by atoms with Crippen molar-refractivity contribution in [3.05, 3.63) is 72.6 Å². The lowest BCUT2D eigenvalue weighted by Crippen LogP contribution is -2.22. The van der Waals surface area contributed by atoms with Crippen molar-refractivity contribution in [1.29, 1.82) is 0 Å². The third kappa shape index (κ3) is 3.37. The molecule has 3 aromatic carbocycles. The first-order valence-corrected chi connectivity index (χ1v) is 8.54. The van der Waals surface area contributed by atoms with E-state index >= 15 is 0 Å². The number of rotatable bonds is 5. The largest absolute Gasteiger partial charge is 0.496 e. The molecule has 1 heterocycles. The van der Waals surface area contributed by atoms with Gasteiger partial charge in [-0.2, -0.15) is 5.10 Å². The van der Waals surface area contributed by atoms with Crippen LogP contribution in [0.3, 0.4) is 0 Å². The molecule has 0 saturated carbocycles. The lowest BCUT2D eigenvalue weighted by molar-refractivity contribution is -0.121. The van der Waals surface area contributed by atoms with Gasteiger partial charge in [0.1, 0.15) is 12.3 Å². The number of aromatic nitrogens is 2. The van der Waals surface area contributed by atoms with Gasteiger partial charge in [-0.05, 0) is 29.0 Å². The zero-order valence-corrected chi connectivity index (χ0v) is 14.8. The molecular weight excluding hydrogens is 340 g/mol. The van der Waals surface area contributed by atoms with Gasteiger partial charge in [0.05, 0.1) is 30.7 Å². The third-order valence-corrected chi connectivity index (χ3v) is 4.37. The van der Waals surface area contributed by atoms with Crippen molar-refractivity contribution in [1.82, 2.24) is 15.0 Å². The number of hydrogen-bond acceptors (Lipinski definition) is 4. The number of nitrogens with one attached hydrogen (secondary N) is 1. The SMILES string of the molecule is COc1ccc2ccccc2c1/C=N/NC(=O)Cn1cnc2ccccc21. The van der Waals surface area contributed by atoms with E-state index < -0.39 is 0 Å². The predicted molar refractivity (Wildman–Crippen MR) is 106 cm³/mol. The lowest BCUT2D eigenvalue weighted by atomic mass is 10.0. The highest BCUT2D eigenvalue weighted by molar-refractivity contribution is 6.02. The van der Waals surface area contributed by atoms with Crippen molar-refractivity contribution in [2.24, 2.45) is 5.10 Å². The van der Waals surface area contributed by atoms with Crippen LogP contribution in [0, 0.1) is 0 Å². The van der Waals surface area contributed by atoms with Crippen molar-refractivity contribution >= 4 is 33.9 Å². The minimum Gasteiger partial charge on any atom is -0.496 e. The molecule has 134 valence electrons. The first-order valence-electron chi connectivity index (χ1n) is 8.54. The number of ether oxygens (including phenoxy) is 1. The molecular formula is C21H18N4O2. The number of benzene rings is 3. The average Bonchev–Trinajstić information content (AvgIpc) is 3.11. The fraction of sp³-hybridized carbons (Fsp3) is 0.0952. The van der Waals surface area contributed by atoms with Crippen LogP contribution in [0.4, 0.5) is 0 Å². The number of imidazole rings is 1. The Morgan fingerprint density at radius 2 is 1.96 bits per heavy atom. The van der Waals surface area contributed by atoms with Crippen LogP contribution in [0.25, 0.3) is 21.8 Å². The molecule has 0 saturated heterocycles. The quantitative estimate of drug-likeness (QED) is 0.439. The Balaban J connectivity index is 1.52. The van der Waals surface area contributed by atoms with Gasteiger partial charge in [0.15, 0.2) is 0 Å². The molecule has 0 aliphatic heterocycles. The first-order chi connectivity index (χ1) is 13.3. The summed E-state index contributed by atoms with van der Waals surface area (Å²) in [5, 5.41) is 6.21. The monoisotopic (exact) mass is 358 g/mol. The van der Waals surface area contributed by atoms with E-state index in [-0.39, 0.29) is 12.5 Å². The Hall–Kier alpha value is -3.67. The zero-order valence-electron chi connectivity index (χ0n) is 14.8. The van der Waals surface area contributed by atoms with Crippen LogP contribution in [0.5, 0.6) is 5.75 Å². The highest BCUT2D eigenvalue weighted by Crippen LogP contribution is 2.26. The lowest BCUT2D eigenvalue weighted by Gasteiger charge is -2.08. The minimum absolute atomic E-state index is 0.143. The minimum atomic E-state index is -0.228. The van der Waals surface area contributed by atoms with Gasteiger partial charge >= 0.3 is 0 Å². The number of amides is 1. The maximum absolute atomic E-state index is 12.3. The van der Waals surface area contributed by atoms with E-state index in [0.717, 1.165) is 27.4 Å². The third-order valence-electron chi connectivity index (χ3n) is 4.37. The van der Waals surface area contributed by atoms with E-state index in [0.29, 0.717) is 5.75 Å². The Morgan fingerprint density at radius 1 is 1.15 bits per heavy atom. The van der Waals surface area contributed by atoms with Gasteiger partial charge in [-0.3, -0.25) is 4.79 Å². The van der Waals surface area contributed by atoms with Crippen LogP contribution in [0.1, 0.15) is 5.56 Å². The van der Waals surface area contributed by atoms with Crippen LogP contribution in [-0.4, -0.2) is 28.8 Å². The molecule has 0 bridgehead atoms. The van der Waals surface area contributed by atoms with E-state index in [9.17, 15) is 4.79 Å². The van der Waals surface area contributed by atoms with E-state index in [4.69, 9.17) is 4.74 Å². The number of hydrogen-bond donors (Lipinski definition) is 1. The summed E-state index contributed by atoms with van der Waals surface area (Å²) in [6.07, 6.45) is 3.27. The molecule has 1 aromatic heterocycles. The van der Waals surface area contributed by atoms with Gasteiger partial charge in [-0.15, -0.1) is 0 Å². The van der Waals surface area contributed by atoms with Gasteiger partial charge in [0.25, 0.3) is 5.91 Å². The molecule has 4 aromatic rings. The Kier molecular flexibility index (Phi) is 4.53. The number of nitrogens with zero attached hydrogens (tertiary/aromatic N) is 3. The van der Waals surface area contributed by atoms with Gasteiger partial charge in [-0.25, -0.2) is 10.4 Å². The van der Waals surface area contributed by atoms with Crippen LogP contribution < -0.4 is 10.2 Å². The molecule has 0 radical (unpaired) electrons. The van der Waals surface area contributed by atoms with Gasteiger partial charge < -0.3 is 9.30 Å². The molecule has 0 spiro atoms. The van der Waals surface area contributed by atoms with Gasteiger partial charge in [0, 0.05) is 5.56 Å². The standard InChI is InChI=1S/C21H18N4O2/c1-27-20-11-10-15-6-2-3-7-16(15)17(20)12-23-24-21(26)13-25-14-22-18-8-4-5-9-19(18)25/h2-12,14H,13H2,1H3,(H,24,26)/b23-12+. The van der Waals surface area contributed by atoms with Crippen molar-refractivity contribution in [3.8, 4) is 5.75 Å². The highest BCUT2D eigenvalue weighted by Gasteiger charge is 2.08. The number of hydrazone groups is 1. The maximum Gasteiger partial charge on any atom is 0.260 e. The summed E-state index contributed by atoms with van der Waals surface area (Å²) in [7, 11) is 1.62. The van der Waals surface area contributed by atoms with Crippen LogP contribution in [0.2, 0.25) is 0 Å². The molecule has 27 heavy (non-hydrogen) atoms. The van der Waals surface area contributed by atoms with Crippen molar-refractivity contribution in [2.75, 3.05) is 7.11 Å². The van der Waals surface area contributed by atoms with Gasteiger partial charge in [-0.1, -0.05) is 42.5 Å². The van der Waals surface area contributed by atoms with E-state index in [1.165, 1.54) is 0 Å². The molecule has 0 aliphatic carbocycles. The Labute approximate surface area is 156 Å². The molecule has 1 amide bonds. The van der Waals surface area contributed by atoms with Crippen LogP contribution in [0.15, 0.2) is 72.1 Å². The molecule has 6 heteroatoms. The summed E-state index contributed by atoms with van der Waals surface area (Å²) in [6, 6.07) is 19.5. The fourth-order valence-corrected chi connectivity index (χ4v) is 3.08. The van der Waals surface area contributed by atoms with Crippen LogP contribution >= 0.6 is 0 Å². The highest BCUT2D eigenvalue weighted by atomic mass is 16.5. The normalized spacial score (nSPS) is 11.3. The molecule has 4 rings (SSSR count). The second kappa shape index (κ2) is 7.29. The first kappa shape index (κ1) is 16.8. The molecule has 0 fully saturated rings. The maximum atomic E-state index is 12.3. The summed E-state index contributed by atoms with van der Waals surface area (Å²) < 4.78 is 7.22. The average molecular weight is 358 g/mol. The number of fused-ring (bicyclic) bond motifs is 2. The zero-order chi connectivity index (χ0) is 18.6. The predicted octanol–water partition coefficient (Wildman–Crippen LogP) is 3.35. The number of carbonyl (C=O) groups excluding carboxylic acids is 1. The van der Waals surface area contributed by atoms with Gasteiger partial charge in [0.2, 0.25) is 0 Å². The summed E-state index contributed by atoms with van der Waals surface area (Å²) in [6.45, 7) is 0.143. The molecule has 0 unspecified atom stereocenters. The number of para-hydroxylation sites is 2.